The van der Waals surface area contributed by atoms with Crippen molar-refractivity contribution in [1.29, 1.82) is 0 Å². The van der Waals surface area contributed by atoms with Crippen LogP contribution in [0.15, 0.2) is 46.9 Å². The van der Waals surface area contributed by atoms with Gasteiger partial charge in [0.25, 0.3) is 0 Å². The Morgan fingerprint density at radius 2 is 1.85 bits per heavy atom. The van der Waals surface area contributed by atoms with E-state index in [0.717, 1.165) is 16.5 Å². The maximum atomic E-state index is 13.6. The van der Waals surface area contributed by atoms with Crippen LogP contribution in [0.1, 0.15) is 28.6 Å². The molecule has 2 nitrogen and oxygen atoms in total. The Morgan fingerprint density at radius 3 is 2.60 bits per heavy atom. The predicted octanol–water partition coefficient (Wildman–Crippen LogP) is 4.27. The van der Waals surface area contributed by atoms with Crippen LogP contribution in [0.3, 0.4) is 0 Å². The molecule has 0 radical (unpaired) electrons. The third kappa shape index (κ3) is 2.21. The molecule has 0 aliphatic rings. The molecule has 3 aromatic rings. The lowest BCUT2D eigenvalue weighted by Crippen LogP contribution is -1.99. The highest BCUT2D eigenvalue weighted by Crippen LogP contribution is 2.29. The van der Waals surface area contributed by atoms with Gasteiger partial charge in [0.1, 0.15) is 23.3 Å². The number of furan rings is 1. The molecule has 20 heavy (non-hydrogen) atoms. The number of halogens is 1. The maximum Gasteiger partial charge on any atom is 0.138 e. The highest BCUT2D eigenvalue weighted by Gasteiger charge is 2.16. The third-order valence-corrected chi connectivity index (χ3v) is 3.47. The molecular weight excluding hydrogens is 255 g/mol. The lowest BCUT2D eigenvalue weighted by atomic mass is 10.0. The van der Waals surface area contributed by atoms with E-state index >= 15 is 0 Å². The Morgan fingerprint density at radius 1 is 1.05 bits per heavy atom. The largest absolute Gasteiger partial charge is 0.458 e. The van der Waals surface area contributed by atoms with Crippen LogP contribution in [0.4, 0.5) is 4.39 Å². The average Bonchev–Trinajstić information content (AvgIpc) is 2.84. The second-order valence-corrected chi connectivity index (χ2v) is 5.10. The summed E-state index contributed by atoms with van der Waals surface area (Å²) in [6.45, 7) is 3.69. The van der Waals surface area contributed by atoms with Crippen LogP contribution in [-0.4, -0.2) is 5.11 Å². The van der Waals surface area contributed by atoms with Gasteiger partial charge in [0, 0.05) is 5.39 Å². The van der Waals surface area contributed by atoms with Crippen molar-refractivity contribution >= 4 is 11.0 Å². The summed E-state index contributed by atoms with van der Waals surface area (Å²) in [7, 11) is 0. The van der Waals surface area contributed by atoms with E-state index in [1.54, 1.807) is 25.1 Å². The molecule has 1 atom stereocenters. The number of benzene rings is 2. The molecule has 1 unspecified atom stereocenters. The Bertz CT molecular complexity index is 774. The summed E-state index contributed by atoms with van der Waals surface area (Å²) < 4.78 is 19.2. The lowest BCUT2D eigenvalue weighted by molar-refractivity contribution is 0.192. The molecular formula is C17H15FO2. The fraction of sp³-hybridized carbons (Fsp3) is 0.176. The van der Waals surface area contributed by atoms with Gasteiger partial charge in [-0.3, -0.25) is 0 Å². The number of aryl methyl sites for hydroxylation is 2. The van der Waals surface area contributed by atoms with Gasteiger partial charge in [0.2, 0.25) is 0 Å². The van der Waals surface area contributed by atoms with Crippen molar-refractivity contribution in [3.63, 3.8) is 0 Å². The summed E-state index contributed by atoms with van der Waals surface area (Å²) in [4.78, 5) is 0. The van der Waals surface area contributed by atoms with Gasteiger partial charge < -0.3 is 9.52 Å². The summed E-state index contributed by atoms with van der Waals surface area (Å²) in [6.07, 6.45) is -0.960. The molecule has 0 amide bonds. The second kappa shape index (κ2) is 4.76. The molecule has 0 spiro atoms. The lowest BCUT2D eigenvalue weighted by Gasteiger charge is -2.08. The van der Waals surface area contributed by atoms with Gasteiger partial charge in [-0.05, 0) is 49.2 Å². The van der Waals surface area contributed by atoms with Crippen molar-refractivity contribution < 1.29 is 13.9 Å². The Kier molecular flexibility index (Phi) is 3.07. The van der Waals surface area contributed by atoms with Gasteiger partial charge in [0.05, 0.1) is 0 Å². The van der Waals surface area contributed by atoms with E-state index in [4.69, 9.17) is 4.42 Å². The van der Waals surface area contributed by atoms with E-state index in [1.165, 1.54) is 6.07 Å². The number of fused-ring (bicyclic) bond motifs is 1. The standard InChI is InChI=1S/C17H15FO2/c1-10-3-6-15-13(7-10)9-16(20-15)17(19)12-5-4-11(2)14(18)8-12/h3-9,17,19H,1-2H3. The number of rotatable bonds is 2. The molecule has 102 valence electrons. The quantitative estimate of drug-likeness (QED) is 0.754. The van der Waals surface area contributed by atoms with E-state index in [1.807, 2.05) is 25.1 Å². The molecule has 1 heterocycles. The Labute approximate surface area is 116 Å². The van der Waals surface area contributed by atoms with Crippen molar-refractivity contribution in [3.05, 3.63) is 70.7 Å². The van der Waals surface area contributed by atoms with Crippen LogP contribution in [-0.2, 0) is 0 Å². The van der Waals surface area contributed by atoms with Crippen molar-refractivity contribution in [1.82, 2.24) is 0 Å². The van der Waals surface area contributed by atoms with E-state index in [-0.39, 0.29) is 5.82 Å². The maximum absolute atomic E-state index is 13.6. The van der Waals surface area contributed by atoms with Gasteiger partial charge >= 0.3 is 0 Å². The van der Waals surface area contributed by atoms with Crippen LogP contribution in [0, 0.1) is 19.7 Å². The summed E-state index contributed by atoms with van der Waals surface area (Å²) in [5.74, 6) is 0.0994. The van der Waals surface area contributed by atoms with Crippen LogP contribution in [0.2, 0.25) is 0 Å². The minimum Gasteiger partial charge on any atom is -0.458 e. The first-order valence-electron chi connectivity index (χ1n) is 6.49. The minimum atomic E-state index is -0.960. The summed E-state index contributed by atoms with van der Waals surface area (Å²) in [6, 6.07) is 12.3. The normalized spacial score (nSPS) is 12.8. The number of aliphatic hydroxyl groups is 1. The van der Waals surface area contributed by atoms with Crippen LogP contribution in [0.5, 0.6) is 0 Å². The van der Waals surface area contributed by atoms with E-state index in [2.05, 4.69) is 0 Å². The summed E-state index contributed by atoms with van der Waals surface area (Å²) in [5, 5.41) is 11.3. The van der Waals surface area contributed by atoms with Gasteiger partial charge in [-0.15, -0.1) is 0 Å². The molecule has 3 rings (SSSR count). The Balaban J connectivity index is 2.02. The molecule has 1 N–H and O–H groups in total. The molecule has 0 bridgehead atoms. The zero-order valence-electron chi connectivity index (χ0n) is 11.4. The first kappa shape index (κ1) is 12.9. The molecule has 2 aromatic carbocycles. The summed E-state index contributed by atoms with van der Waals surface area (Å²) >= 11 is 0. The Hall–Kier alpha value is -2.13. The van der Waals surface area contributed by atoms with Crippen LogP contribution >= 0.6 is 0 Å². The van der Waals surface area contributed by atoms with Crippen LogP contribution < -0.4 is 0 Å². The topological polar surface area (TPSA) is 33.4 Å². The fourth-order valence-corrected chi connectivity index (χ4v) is 2.26. The molecule has 3 heteroatoms. The first-order valence-corrected chi connectivity index (χ1v) is 6.49. The second-order valence-electron chi connectivity index (χ2n) is 5.10. The van der Waals surface area contributed by atoms with Gasteiger partial charge in [-0.2, -0.15) is 0 Å². The third-order valence-electron chi connectivity index (χ3n) is 3.47. The van der Waals surface area contributed by atoms with Gasteiger partial charge in [0.15, 0.2) is 0 Å². The first-order chi connectivity index (χ1) is 9.54. The van der Waals surface area contributed by atoms with Gasteiger partial charge in [-0.25, -0.2) is 4.39 Å². The average molecular weight is 270 g/mol. The number of aliphatic hydroxyl groups excluding tert-OH is 1. The molecule has 0 aliphatic carbocycles. The zero-order valence-corrected chi connectivity index (χ0v) is 11.4. The monoisotopic (exact) mass is 270 g/mol. The van der Waals surface area contributed by atoms with Crippen LogP contribution in [0.25, 0.3) is 11.0 Å². The predicted molar refractivity (Wildman–Crippen MR) is 76.1 cm³/mol. The highest BCUT2D eigenvalue weighted by atomic mass is 19.1. The number of hydrogen-bond acceptors (Lipinski definition) is 2. The highest BCUT2D eigenvalue weighted by molar-refractivity contribution is 5.78. The number of hydrogen-bond donors (Lipinski definition) is 1. The summed E-state index contributed by atoms with van der Waals surface area (Å²) in [5.41, 5.74) is 2.89. The van der Waals surface area contributed by atoms with Gasteiger partial charge in [-0.1, -0.05) is 23.8 Å². The molecule has 0 saturated carbocycles. The molecule has 0 saturated heterocycles. The van der Waals surface area contributed by atoms with Crippen molar-refractivity contribution in [2.75, 3.05) is 0 Å². The molecule has 0 aliphatic heterocycles. The zero-order chi connectivity index (χ0) is 14.3. The smallest absolute Gasteiger partial charge is 0.138 e. The minimum absolute atomic E-state index is 0.325. The van der Waals surface area contributed by atoms with Crippen molar-refractivity contribution in [2.24, 2.45) is 0 Å². The van der Waals surface area contributed by atoms with E-state index < -0.39 is 6.10 Å². The van der Waals surface area contributed by atoms with E-state index in [9.17, 15) is 9.50 Å². The van der Waals surface area contributed by atoms with Crippen molar-refractivity contribution in [3.8, 4) is 0 Å². The van der Waals surface area contributed by atoms with E-state index in [0.29, 0.717) is 16.9 Å². The molecule has 1 aromatic heterocycles. The SMILES string of the molecule is Cc1ccc2oc(C(O)c3ccc(C)c(F)c3)cc2c1. The molecule has 0 fully saturated rings. The van der Waals surface area contributed by atoms with Crippen molar-refractivity contribution in [2.45, 2.75) is 20.0 Å². The fourth-order valence-electron chi connectivity index (χ4n) is 2.26.